The normalized spacial score (nSPS) is 16.0. The molecule has 0 atom stereocenters. The number of aromatic nitrogens is 2. The van der Waals surface area contributed by atoms with Gasteiger partial charge in [0.05, 0.1) is 4.47 Å². The third kappa shape index (κ3) is 2.45. The summed E-state index contributed by atoms with van der Waals surface area (Å²) in [5.41, 5.74) is 0.0991. The molecule has 2 N–H and O–H groups in total. The smallest absolute Gasteiger partial charge is 0.224 e. The Bertz CT molecular complexity index is 388. The highest BCUT2D eigenvalue weighted by molar-refractivity contribution is 9.10. The van der Waals surface area contributed by atoms with E-state index >= 15 is 0 Å². The van der Waals surface area contributed by atoms with Gasteiger partial charge < -0.3 is 10.6 Å². The Labute approximate surface area is 104 Å². The fourth-order valence-electron chi connectivity index (χ4n) is 1.79. The average molecular weight is 285 g/mol. The highest BCUT2D eigenvalue weighted by Crippen LogP contribution is 2.41. The van der Waals surface area contributed by atoms with Crippen molar-refractivity contribution < 1.29 is 0 Å². The van der Waals surface area contributed by atoms with Gasteiger partial charge >= 0.3 is 0 Å². The lowest BCUT2D eigenvalue weighted by Gasteiger charge is -2.27. The molecule has 0 unspecified atom stereocenters. The second-order valence-electron chi connectivity index (χ2n) is 4.76. The van der Waals surface area contributed by atoms with Gasteiger partial charge in [0.15, 0.2) is 0 Å². The number of rotatable bonds is 4. The number of hydrogen-bond acceptors (Lipinski definition) is 4. The van der Waals surface area contributed by atoms with E-state index in [4.69, 9.17) is 0 Å². The average Bonchev–Trinajstić information content (AvgIpc) is 3.04. The van der Waals surface area contributed by atoms with Gasteiger partial charge in [0.25, 0.3) is 0 Å². The predicted molar refractivity (Wildman–Crippen MR) is 69.7 cm³/mol. The lowest BCUT2D eigenvalue weighted by molar-refractivity contribution is 0.492. The van der Waals surface area contributed by atoms with Crippen LogP contribution >= 0.6 is 15.9 Å². The molecule has 1 fully saturated rings. The molecule has 1 aliphatic rings. The first-order valence-corrected chi connectivity index (χ1v) is 6.30. The van der Waals surface area contributed by atoms with Crippen LogP contribution in [0.1, 0.15) is 26.7 Å². The third-order valence-corrected chi connectivity index (χ3v) is 3.59. The summed E-state index contributed by atoms with van der Waals surface area (Å²) in [4.78, 5) is 8.54. The van der Waals surface area contributed by atoms with Gasteiger partial charge in [-0.15, -0.1) is 0 Å². The lowest BCUT2D eigenvalue weighted by Crippen LogP contribution is -2.34. The van der Waals surface area contributed by atoms with Crippen molar-refractivity contribution in [3.8, 4) is 0 Å². The molecule has 0 aromatic carbocycles. The van der Waals surface area contributed by atoms with Crippen molar-refractivity contribution in [2.75, 3.05) is 17.7 Å². The molecular weight excluding hydrogens is 268 g/mol. The molecule has 0 aliphatic heterocycles. The first kappa shape index (κ1) is 11.6. The minimum atomic E-state index is 0.0991. The largest absolute Gasteiger partial charge is 0.364 e. The van der Waals surface area contributed by atoms with E-state index in [1.807, 2.05) is 7.05 Å². The summed E-state index contributed by atoms with van der Waals surface area (Å²) in [7, 11) is 1.82. The van der Waals surface area contributed by atoms with E-state index in [9.17, 15) is 0 Å². The Morgan fingerprint density at radius 1 is 1.44 bits per heavy atom. The van der Waals surface area contributed by atoms with Crippen LogP contribution in [0.5, 0.6) is 0 Å². The topological polar surface area (TPSA) is 49.8 Å². The Balaban J connectivity index is 2.19. The van der Waals surface area contributed by atoms with Crippen LogP contribution < -0.4 is 10.6 Å². The third-order valence-electron chi connectivity index (χ3n) is 3.01. The maximum Gasteiger partial charge on any atom is 0.224 e. The van der Waals surface area contributed by atoms with Crippen molar-refractivity contribution in [1.29, 1.82) is 0 Å². The molecule has 4 nitrogen and oxygen atoms in total. The van der Waals surface area contributed by atoms with Crippen LogP contribution in [-0.2, 0) is 0 Å². The van der Waals surface area contributed by atoms with Crippen molar-refractivity contribution >= 4 is 27.7 Å². The number of hydrogen-bond donors (Lipinski definition) is 2. The van der Waals surface area contributed by atoms with Crippen molar-refractivity contribution in [2.24, 2.45) is 5.92 Å². The first-order valence-electron chi connectivity index (χ1n) is 5.51. The van der Waals surface area contributed by atoms with Crippen molar-refractivity contribution in [3.63, 3.8) is 0 Å². The minimum absolute atomic E-state index is 0.0991. The molecule has 16 heavy (non-hydrogen) atoms. The highest BCUT2D eigenvalue weighted by atomic mass is 79.9. The van der Waals surface area contributed by atoms with Crippen LogP contribution in [0, 0.1) is 5.92 Å². The second-order valence-corrected chi connectivity index (χ2v) is 5.62. The highest BCUT2D eigenvalue weighted by Gasteiger charge is 2.38. The van der Waals surface area contributed by atoms with Crippen molar-refractivity contribution in [2.45, 2.75) is 32.2 Å². The quantitative estimate of drug-likeness (QED) is 0.893. The molecule has 1 heterocycles. The van der Waals surface area contributed by atoms with E-state index in [2.05, 4.69) is 50.4 Å². The number of nitrogens with one attached hydrogen (secondary N) is 2. The van der Waals surface area contributed by atoms with E-state index in [1.165, 1.54) is 12.8 Å². The summed E-state index contributed by atoms with van der Waals surface area (Å²) in [5.74, 6) is 2.25. The van der Waals surface area contributed by atoms with Gasteiger partial charge in [-0.05, 0) is 48.5 Å². The Hall–Kier alpha value is -0.840. The maximum absolute atomic E-state index is 4.41. The Morgan fingerprint density at radius 2 is 2.12 bits per heavy atom. The lowest BCUT2D eigenvalue weighted by atomic mass is 9.99. The molecule has 1 aliphatic carbocycles. The van der Waals surface area contributed by atoms with Crippen LogP contribution in [0.25, 0.3) is 0 Å². The van der Waals surface area contributed by atoms with E-state index < -0.39 is 0 Å². The summed E-state index contributed by atoms with van der Waals surface area (Å²) in [6.45, 7) is 4.44. The van der Waals surface area contributed by atoms with E-state index in [0.29, 0.717) is 5.95 Å². The van der Waals surface area contributed by atoms with Crippen LogP contribution in [0.15, 0.2) is 10.7 Å². The van der Waals surface area contributed by atoms with Gasteiger partial charge in [-0.2, -0.15) is 4.98 Å². The molecule has 88 valence electrons. The van der Waals surface area contributed by atoms with Crippen LogP contribution in [0.2, 0.25) is 0 Å². The Kier molecular flexibility index (Phi) is 3.06. The number of anilines is 2. The van der Waals surface area contributed by atoms with Crippen LogP contribution in [0.3, 0.4) is 0 Å². The summed E-state index contributed by atoms with van der Waals surface area (Å²) in [6, 6.07) is 0. The van der Waals surface area contributed by atoms with Gasteiger partial charge in [-0.25, -0.2) is 4.98 Å². The van der Waals surface area contributed by atoms with Gasteiger partial charge in [0.1, 0.15) is 5.82 Å². The molecule has 1 aromatic rings. The zero-order chi connectivity index (χ0) is 11.8. The summed E-state index contributed by atoms with van der Waals surface area (Å²) in [5, 5.41) is 6.43. The Morgan fingerprint density at radius 3 is 2.69 bits per heavy atom. The summed E-state index contributed by atoms with van der Waals surface area (Å²) >= 11 is 3.47. The molecule has 0 radical (unpaired) electrons. The van der Waals surface area contributed by atoms with Gasteiger partial charge in [0, 0.05) is 18.8 Å². The van der Waals surface area contributed by atoms with Gasteiger partial charge in [0.2, 0.25) is 5.95 Å². The number of halogens is 1. The van der Waals surface area contributed by atoms with Gasteiger partial charge in [-0.3, -0.25) is 0 Å². The molecule has 1 saturated carbocycles. The first-order chi connectivity index (χ1) is 7.53. The monoisotopic (exact) mass is 284 g/mol. The standard InChI is InChI=1S/C11H17BrN4/c1-11(2,7-4-5-7)16-9-8(12)6-14-10(13-3)15-9/h6-7H,4-5H2,1-3H3,(H2,13,14,15,16). The molecular formula is C11H17BrN4. The molecule has 0 saturated heterocycles. The molecule has 5 heteroatoms. The second kappa shape index (κ2) is 4.20. The maximum atomic E-state index is 4.41. The zero-order valence-electron chi connectivity index (χ0n) is 9.84. The minimum Gasteiger partial charge on any atom is -0.364 e. The predicted octanol–water partition coefficient (Wildman–Crippen LogP) is 2.88. The fraction of sp³-hybridized carbons (Fsp3) is 0.636. The number of nitrogens with zero attached hydrogens (tertiary/aromatic N) is 2. The van der Waals surface area contributed by atoms with E-state index in [1.54, 1.807) is 6.20 Å². The molecule has 2 rings (SSSR count). The van der Waals surface area contributed by atoms with Gasteiger partial charge in [-0.1, -0.05) is 0 Å². The summed E-state index contributed by atoms with van der Waals surface area (Å²) < 4.78 is 0.903. The SMILES string of the molecule is CNc1ncc(Br)c(NC(C)(C)C2CC2)n1. The molecule has 0 amide bonds. The molecule has 0 bridgehead atoms. The van der Waals surface area contributed by atoms with E-state index in [-0.39, 0.29) is 5.54 Å². The zero-order valence-corrected chi connectivity index (χ0v) is 11.4. The fourth-order valence-corrected chi connectivity index (χ4v) is 2.08. The molecule has 0 spiro atoms. The van der Waals surface area contributed by atoms with Crippen molar-refractivity contribution in [1.82, 2.24) is 9.97 Å². The summed E-state index contributed by atoms with van der Waals surface area (Å²) in [6.07, 6.45) is 4.38. The molecule has 1 aromatic heterocycles. The van der Waals surface area contributed by atoms with Crippen LogP contribution in [0.4, 0.5) is 11.8 Å². The van der Waals surface area contributed by atoms with Crippen LogP contribution in [-0.4, -0.2) is 22.6 Å². The van der Waals surface area contributed by atoms with Crippen molar-refractivity contribution in [3.05, 3.63) is 10.7 Å². The van der Waals surface area contributed by atoms with E-state index in [0.717, 1.165) is 16.2 Å².